The third-order valence-corrected chi connectivity index (χ3v) is 7.37. The normalized spacial score (nSPS) is 26.1. The summed E-state index contributed by atoms with van der Waals surface area (Å²) in [4.78, 5) is 36.7. The highest BCUT2D eigenvalue weighted by Gasteiger charge is 2.50. The molecule has 3 amide bonds. The summed E-state index contributed by atoms with van der Waals surface area (Å²) >= 11 is 0. The Hall–Kier alpha value is -1.99. The maximum absolute atomic E-state index is 12.9. The average molecular weight is 624 g/mol. The van der Waals surface area contributed by atoms with Crippen LogP contribution in [-0.2, 0) is 38.1 Å². The summed E-state index contributed by atoms with van der Waals surface area (Å²) in [6.45, 7) is 11.3. The number of hydrogen-bond acceptors (Lipinski definition) is 13. The van der Waals surface area contributed by atoms with E-state index < -0.39 is 78.6 Å². The van der Waals surface area contributed by atoms with Gasteiger partial charge in [0.15, 0.2) is 6.29 Å². The quantitative estimate of drug-likeness (QED) is 0.0674. The zero-order valence-corrected chi connectivity index (χ0v) is 26.6. The van der Waals surface area contributed by atoms with E-state index >= 15 is 0 Å². The monoisotopic (exact) mass is 623 g/mol. The first-order valence-corrected chi connectivity index (χ1v) is 14.4. The molecule has 8 unspecified atom stereocenters. The lowest BCUT2D eigenvalue weighted by Gasteiger charge is -2.48. The first-order chi connectivity index (χ1) is 20.0. The number of rotatable bonds is 19. The van der Waals surface area contributed by atoms with E-state index in [1.807, 2.05) is 13.8 Å². The predicted octanol–water partition coefficient (Wildman–Crippen LogP) is -2.93. The highest BCUT2D eigenvalue weighted by molar-refractivity contribution is 5.80. The van der Waals surface area contributed by atoms with Crippen molar-refractivity contribution in [3.8, 4) is 0 Å². The van der Waals surface area contributed by atoms with Crippen LogP contribution in [0.1, 0.15) is 48.5 Å². The minimum atomic E-state index is -1.54. The summed E-state index contributed by atoms with van der Waals surface area (Å²) in [5, 5.41) is 41.4. The molecule has 43 heavy (non-hydrogen) atoms. The van der Waals surface area contributed by atoms with Crippen molar-refractivity contribution in [1.29, 1.82) is 0 Å². The standard InChI is InChI=1S/C27H53N5O11/c1-9-30-23(38)16(3)41-15-27(29-8,13-39-10-2)14-40-12-19(35)32-26(7,28)25(5,6)43-24-20(31-17(4)34)22(37)21(36)18(11-33)42-24/h16,18,20-22,24,29,33,36-37H,9-15,28H2,1-8H3,(H,30,38)(H,31,34)(H,32,35). The van der Waals surface area contributed by atoms with Crippen molar-refractivity contribution in [1.82, 2.24) is 21.3 Å². The molecule has 0 aromatic carbocycles. The first-order valence-electron chi connectivity index (χ1n) is 14.4. The second kappa shape index (κ2) is 17.5. The lowest BCUT2D eigenvalue weighted by Crippen LogP contribution is -2.71. The summed E-state index contributed by atoms with van der Waals surface area (Å²) in [7, 11) is 1.69. The summed E-state index contributed by atoms with van der Waals surface area (Å²) in [6, 6.07) is -1.19. The summed E-state index contributed by atoms with van der Waals surface area (Å²) in [5.41, 5.74) is 2.69. The van der Waals surface area contributed by atoms with Gasteiger partial charge < -0.3 is 66.0 Å². The number of hydrogen-bond donors (Lipinski definition) is 8. The molecule has 0 spiro atoms. The van der Waals surface area contributed by atoms with Crippen LogP contribution in [-0.4, -0.2) is 140 Å². The molecule has 8 atom stereocenters. The van der Waals surface area contributed by atoms with E-state index in [9.17, 15) is 29.7 Å². The fourth-order valence-corrected chi connectivity index (χ4v) is 4.12. The maximum Gasteiger partial charge on any atom is 0.248 e. The molecule has 0 aromatic rings. The molecule has 0 radical (unpaired) electrons. The maximum atomic E-state index is 12.9. The second-order valence-electron chi connectivity index (χ2n) is 11.3. The van der Waals surface area contributed by atoms with Crippen molar-refractivity contribution in [2.45, 2.75) is 102 Å². The predicted molar refractivity (Wildman–Crippen MR) is 154 cm³/mol. The molecular weight excluding hydrogens is 570 g/mol. The van der Waals surface area contributed by atoms with E-state index in [1.54, 1.807) is 27.8 Å². The summed E-state index contributed by atoms with van der Waals surface area (Å²) in [5.74, 6) is -1.34. The van der Waals surface area contributed by atoms with Crippen LogP contribution in [0.2, 0.25) is 0 Å². The lowest BCUT2D eigenvalue weighted by molar-refractivity contribution is -0.304. The number of nitrogens with two attached hydrogens (primary N) is 1. The van der Waals surface area contributed by atoms with Gasteiger partial charge in [-0.05, 0) is 48.6 Å². The Morgan fingerprint density at radius 3 is 2.21 bits per heavy atom. The molecule has 1 heterocycles. The molecule has 1 rings (SSSR count). The Morgan fingerprint density at radius 1 is 1.05 bits per heavy atom. The Bertz CT molecular complexity index is 893. The summed E-state index contributed by atoms with van der Waals surface area (Å²) < 4.78 is 28.8. The molecule has 9 N–H and O–H groups in total. The molecule has 0 aliphatic carbocycles. The number of carbonyl (C=O) groups excluding carboxylic acids is 3. The fraction of sp³-hybridized carbons (Fsp3) is 0.889. The molecule has 1 aliphatic rings. The summed E-state index contributed by atoms with van der Waals surface area (Å²) in [6.07, 6.45) is -6.24. The van der Waals surface area contributed by atoms with Gasteiger partial charge in [0.25, 0.3) is 0 Å². The highest BCUT2D eigenvalue weighted by Crippen LogP contribution is 2.30. The minimum absolute atomic E-state index is 0.00269. The van der Waals surface area contributed by atoms with Crippen molar-refractivity contribution < 1.29 is 53.4 Å². The molecule has 0 saturated carbocycles. The third kappa shape index (κ3) is 11.5. The first kappa shape index (κ1) is 39.0. The van der Waals surface area contributed by atoms with Crippen molar-refractivity contribution in [3.05, 3.63) is 0 Å². The van der Waals surface area contributed by atoms with Crippen molar-refractivity contribution in [2.75, 3.05) is 53.2 Å². The number of amides is 3. The number of carbonyl (C=O) groups is 3. The Balaban J connectivity index is 2.89. The van der Waals surface area contributed by atoms with Gasteiger partial charge in [-0.3, -0.25) is 14.4 Å². The number of aliphatic hydroxyl groups excluding tert-OH is 3. The smallest absolute Gasteiger partial charge is 0.248 e. The van der Waals surface area contributed by atoms with E-state index in [2.05, 4.69) is 21.3 Å². The molecular formula is C27H53N5O11. The van der Waals surface area contributed by atoms with Crippen LogP contribution >= 0.6 is 0 Å². The number of nitrogens with one attached hydrogen (secondary N) is 4. The van der Waals surface area contributed by atoms with Gasteiger partial charge >= 0.3 is 0 Å². The van der Waals surface area contributed by atoms with Crippen molar-refractivity contribution in [2.24, 2.45) is 5.73 Å². The van der Waals surface area contributed by atoms with Crippen molar-refractivity contribution in [3.63, 3.8) is 0 Å². The third-order valence-electron chi connectivity index (χ3n) is 7.37. The van der Waals surface area contributed by atoms with Crippen molar-refractivity contribution >= 4 is 17.7 Å². The Kier molecular flexibility index (Phi) is 15.9. The molecule has 0 bridgehead atoms. The van der Waals surface area contributed by atoms with Gasteiger partial charge in [0.1, 0.15) is 48.3 Å². The SMILES string of the molecule is CCNC(=O)C(C)OCC(COCC)(COCC(=O)NC(C)(N)C(C)(C)OC1OC(CO)C(O)C(O)C1NC(C)=O)NC. The average Bonchev–Trinajstić information content (AvgIpc) is 2.93. The van der Waals surface area contributed by atoms with Crippen LogP contribution < -0.4 is 27.0 Å². The van der Waals surface area contributed by atoms with E-state index in [1.165, 1.54) is 13.8 Å². The van der Waals surface area contributed by atoms with Gasteiger partial charge in [-0.1, -0.05) is 0 Å². The zero-order valence-electron chi connectivity index (χ0n) is 26.6. The topological polar surface area (TPSA) is 232 Å². The van der Waals surface area contributed by atoms with E-state index in [0.29, 0.717) is 13.2 Å². The van der Waals surface area contributed by atoms with Crippen LogP contribution in [0.25, 0.3) is 0 Å². The molecule has 0 aromatic heterocycles. The van der Waals surface area contributed by atoms with Crippen LogP contribution in [0.5, 0.6) is 0 Å². The number of likely N-dealkylation sites (N-methyl/N-ethyl adjacent to an activating group) is 2. The zero-order chi connectivity index (χ0) is 33.0. The van der Waals surface area contributed by atoms with Crippen LogP contribution in [0.4, 0.5) is 0 Å². The van der Waals surface area contributed by atoms with Crippen LogP contribution in [0.15, 0.2) is 0 Å². The van der Waals surface area contributed by atoms with Gasteiger partial charge in [-0.15, -0.1) is 0 Å². The number of ether oxygens (including phenoxy) is 5. The Morgan fingerprint density at radius 2 is 1.67 bits per heavy atom. The van der Waals surface area contributed by atoms with Gasteiger partial charge in [0, 0.05) is 20.1 Å². The van der Waals surface area contributed by atoms with E-state index in [4.69, 9.17) is 29.4 Å². The van der Waals surface area contributed by atoms with Gasteiger partial charge in [-0.2, -0.15) is 0 Å². The fourth-order valence-electron chi connectivity index (χ4n) is 4.12. The van der Waals surface area contributed by atoms with Gasteiger partial charge in [0.05, 0.1) is 32.0 Å². The molecule has 1 fully saturated rings. The van der Waals surface area contributed by atoms with Crippen LogP contribution in [0.3, 0.4) is 0 Å². The van der Waals surface area contributed by atoms with E-state index in [0.717, 1.165) is 0 Å². The highest BCUT2D eigenvalue weighted by atomic mass is 16.7. The molecule has 1 saturated heterocycles. The van der Waals surface area contributed by atoms with Gasteiger partial charge in [-0.25, -0.2) is 0 Å². The molecule has 16 heteroatoms. The van der Waals surface area contributed by atoms with Crippen LogP contribution in [0, 0.1) is 0 Å². The lowest BCUT2D eigenvalue weighted by atomic mass is 9.91. The largest absolute Gasteiger partial charge is 0.394 e. The Labute approximate surface area is 253 Å². The molecule has 1 aliphatic heterocycles. The molecule has 252 valence electrons. The minimum Gasteiger partial charge on any atom is -0.394 e. The second-order valence-corrected chi connectivity index (χ2v) is 11.3. The number of aliphatic hydroxyl groups is 3. The van der Waals surface area contributed by atoms with Gasteiger partial charge in [0.2, 0.25) is 17.7 Å². The molecule has 16 nitrogen and oxygen atoms in total. The van der Waals surface area contributed by atoms with E-state index in [-0.39, 0.29) is 25.7 Å².